The molecule has 2 N–H and O–H groups in total. The first-order valence-electron chi connectivity index (χ1n) is 10.6. The molecule has 164 valence electrons. The molecule has 1 aliphatic heterocycles. The van der Waals surface area contributed by atoms with Gasteiger partial charge in [0.1, 0.15) is 0 Å². The molecule has 0 bridgehead atoms. The number of carbonyl (C=O) groups is 1. The molecule has 1 aromatic rings. The summed E-state index contributed by atoms with van der Waals surface area (Å²) < 4.78 is 0. The summed E-state index contributed by atoms with van der Waals surface area (Å²) in [5.74, 6) is 1.63. The number of piperidine rings is 1. The van der Waals surface area contributed by atoms with Gasteiger partial charge in [-0.3, -0.25) is 9.79 Å². The van der Waals surface area contributed by atoms with Gasteiger partial charge in [-0.05, 0) is 57.2 Å². The van der Waals surface area contributed by atoms with Crippen molar-refractivity contribution in [1.29, 1.82) is 0 Å². The number of amides is 1. The number of likely N-dealkylation sites (tertiary alicyclic amines) is 1. The second kappa shape index (κ2) is 13.7. The van der Waals surface area contributed by atoms with E-state index in [0.717, 1.165) is 58.1 Å². The van der Waals surface area contributed by atoms with Crippen molar-refractivity contribution < 1.29 is 4.79 Å². The van der Waals surface area contributed by atoms with Crippen LogP contribution in [0, 0.1) is 12.8 Å². The number of anilines is 1. The van der Waals surface area contributed by atoms with Gasteiger partial charge in [0.25, 0.3) is 0 Å². The highest BCUT2D eigenvalue weighted by Gasteiger charge is 2.23. The lowest BCUT2D eigenvalue weighted by Gasteiger charge is -2.34. The predicted molar refractivity (Wildman–Crippen MR) is 133 cm³/mol. The minimum absolute atomic E-state index is 0. The van der Waals surface area contributed by atoms with E-state index in [9.17, 15) is 4.79 Å². The lowest BCUT2D eigenvalue weighted by molar-refractivity contribution is -0.121. The van der Waals surface area contributed by atoms with E-state index in [1.807, 2.05) is 0 Å². The van der Waals surface area contributed by atoms with E-state index in [4.69, 9.17) is 4.99 Å². The van der Waals surface area contributed by atoms with Crippen molar-refractivity contribution in [2.45, 2.75) is 40.0 Å². The van der Waals surface area contributed by atoms with Crippen LogP contribution in [0.5, 0.6) is 0 Å². The average molecular weight is 515 g/mol. The molecule has 1 aromatic carbocycles. The Hall–Kier alpha value is -1.51. The number of guanidine groups is 1. The van der Waals surface area contributed by atoms with Crippen LogP contribution in [-0.4, -0.2) is 63.1 Å². The van der Waals surface area contributed by atoms with Crippen molar-refractivity contribution in [2.24, 2.45) is 10.9 Å². The van der Waals surface area contributed by atoms with Crippen LogP contribution in [0.1, 0.15) is 38.7 Å². The van der Waals surface area contributed by atoms with Crippen LogP contribution in [0.15, 0.2) is 29.3 Å². The zero-order valence-electron chi connectivity index (χ0n) is 18.4. The molecule has 0 atom stereocenters. The summed E-state index contributed by atoms with van der Waals surface area (Å²) in [6.07, 6.45) is 2.73. The Labute approximate surface area is 193 Å². The molecule has 0 radical (unpaired) electrons. The molecule has 1 saturated heterocycles. The Morgan fingerprint density at radius 3 is 2.59 bits per heavy atom. The Kier molecular flexibility index (Phi) is 12.0. The first-order valence-corrected chi connectivity index (χ1v) is 10.6. The molecular formula is C22H38IN5O. The topological polar surface area (TPSA) is 60.0 Å². The fourth-order valence-electron chi connectivity index (χ4n) is 3.71. The summed E-state index contributed by atoms with van der Waals surface area (Å²) in [6.45, 7) is 11.9. The Bertz CT molecular complexity index is 644. The SMILES string of the molecule is CCNC(=NCCN(CC)c1cccc(C)c1)N1CCC(CC(=O)NC)CC1.I. The van der Waals surface area contributed by atoms with Gasteiger partial charge in [0.2, 0.25) is 5.91 Å². The third-order valence-electron chi connectivity index (χ3n) is 5.38. The largest absolute Gasteiger partial charge is 0.370 e. The highest BCUT2D eigenvalue weighted by atomic mass is 127. The Morgan fingerprint density at radius 1 is 1.28 bits per heavy atom. The first kappa shape index (κ1) is 25.5. The fourth-order valence-corrected chi connectivity index (χ4v) is 3.71. The zero-order chi connectivity index (χ0) is 20.4. The van der Waals surface area contributed by atoms with E-state index in [-0.39, 0.29) is 29.9 Å². The minimum atomic E-state index is 0. The minimum Gasteiger partial charge on any atom is -0.370 e. The van der Waals surface area contributed by atoms with Crippen LogP contribution in [0.3, 0.4) is 0 Å². The Morgan fingerprint density at radius 2 is 2.00 bits per heavy atom. The van der Waals surface area contributed by atoms with Gasteiger partial charge in [-0.25, -0.2) is 0 Å². The van der Waals surface area contributed by atoms with Crippen LogP contribution in [0.2, 0.25) is 0 Å². The highest BCUT2D eigenvalue weighted by molar-refractivity contribution is 14.0. The van der Waals surface area contributed by atoms with Crippen LogP contribution < -0.4 is 15.5 Å². The molecular weight excluding hydrogens is 477 g/mol. The normalized spacial score (nSPS) is 14.9. The fraction of sp³-hybridized carbons (Fsp3) is 0.636. The van der Waals surface area contributed by atoms with Crippen molar-refractivity contribution in [3.63, 3.8) is 0 Å². The van der Waals surface area contributed by atoms with Gasteiger partial charge < -0.3 is 20.4 Å². The summed E-state index contributed by atoms with van der Waals surface area (Å²) >= 11 is 0. The molecule has 2 rings (SSSR count). The molecule has 29 heavy (non-hydrogen) atoms. The third-order valence-corrected chi connectivity index (χ3v) is 5.38. The van der Waals surface area contributed by atoms with Gasteiger partial charge >= 0.3 is 0 Å². The first-order chi connectivity index (χ1) is 13.6. The summed E-state index contributed by atoms with van der Waals surface area (Å²) in [5, 5.41) is 6.17. The van der Waals surface area contributed by atoms with E-state index < -0.39 is 0 Å². The number of likely N-dealkylation sites (N-methyl/N-ethyl adjacent to an activating group) is 1. The summed E-state index contributed by atoms with van der Waals surface area (Å²) in [7, 11) is 1.71. The predicted octanol–water partition coefficient (Wildman–Crippen LogP) is 3.25. The van der Waals surface area contributed by atoms with E-state index in [1.54, 1.807) is 7.05 Å². The zero-order valence-corrected chi connectivity index (χ0v) is 20.7. The highest BCUT2D eigenvalue weighted by Crippen LogP contribution is 2.20. The van der Waals surface area contributed by atoms with Gasteiger partial charge in [-0.2, -0.15) is 0 Å². The number of halogens is 1. The van der Waals surface area contributed by atoms with Crippen LogP contribution in [0.25, 0.3) is 0 Å². The smallest absolute Gasteiger partial charge is 0.220 e. The monoisotopic (exact) mass is 515 g/mol. The summed E-state index contributed by atoms with van der Waals surface area (Å²) in [4.78, 5) is 21.2. The van der Waals surface area contributed by atoms with E-state index >= 15 is 0 Å². The molecule has 1 aliphatic rings. The van der Waals surface area contributed by atoms with Gasteiger partial charge in [0, 0.05) is 51.9 Å². The number of hydrogen-bond donors (Lipinski definition) is 2. The number of carbonyl (C=O) groups excluding carboxylic acids is 1. The van der Waals surface area contributed by atoms with Crippen molar-refractivity contribution >= 4 is 41.5 Å². The van der Waals surface area contributed by atoms with Gasteiger partial charge in [0.05, 0.1) is 6.54 Å². The van der Waals surface area contributed by atoms with Crippen molar-refractivity contribution in [3.8, 4) is 0 Å². The maximum atomic E-state index is 11.6. The van der Waals surface area contributed by atoms with Crippen molar-refractivity contribution in [2.75, 3.05) is 51.2 Å². The molecule has 1 fully saturated rings. The second-order valence-electron chi connectivity index (χ2n) is 7.46. The van der Waals surface area contributed by atoms with Gasteiger partial charge in [0.15, 0.2) is 5.96 Å². The van der Waals surface area contributed by atoms with Crippen LogP contribution >= 0.6 is 24.0 Å². The molecule has 6 nitrogen and oxygen atoms in total. The standard InChI is InChI=1S/C22H37N5O.HI/c1-5-24-22(27-13-10-19(11-14-27)17-21(28)23-4)25-12-15-26(6-2)20-9-7-8-18(3)16-20;/h7-9,16,19H,5-6,10-15,17H2,1-4H3,(H,23,28)(H,24,25);1H. The number of rotatable bonds is 8. The number of benzene rings is 1. The summed E-state index contributed by atoms with van der Waals surface area (Å²) in [5.41, 5.74) is 2.55. The quantitative estimate of drug-likeness (QED) is 0.317. The maximum absolute atomic E-state index is 11.6. The average Bonchev–Trinajstić information content (AvgIpc) is 2.71. The number of hydrogen-bond acceptors (Lipinski definition) is 3. The van der Waals surface area contributed by atoms with Crippen LogP contribution in [0.4, 0.5) is 5.69 Å². The lowest BCUT2D eigenvalue weighted by Crippen LogP contribution is -2.46. The number of aliphatic imine (C=N–C) groups is 1. The van der Waals surface area contributed by atoms with Gasteiger partial charge in [-0.15, -0.1) is 24.0 Å². The van der Waals surface area contributed by atoms with E-state index in [0.29, 0.717) is 12.3 Å². The number of nitrogens with zero attached hydrogens (tertiary/aromatic N) is 3. The molecule has 7 heteroatoms. The Balaban J connectivity index is 0.00000420. The molecule has 0 aromatic heterocycles. The van der Waals surface area contributed by atoms with Crippen molar-refractivity contribution in [1.82, 2.24) is 15.5 Å². The molecule has 0 aliphatic carbocycles. The summed E-state index contributed by atoms with van der Waals surface area (Å²) in [6, 6.07) is 8.65. The molecule has 1 heterocycles. The van der Waals surface area contributed by atoms with Crippen molar-refractivity contribution in [3.05, 3.63) is 29.8 Å². The maximum Gasteiger partial charge on any atom is 0.220 e. The second-order valence-corrected chi connectivity index (χ2v) is 7.46. The molecule has 0 saturated carbocycles. The van der Waals surface area contributed by atoms with Gasteiger partial charge in [-0.1, -0.05) is 12.1 Å². The lowest BCUT2D eigenvalue weighted by atomic mass is 9.93. The van der Waals surface area contributed by atoms with Crippen LogP contribution in [-0.2, 0) is 4.79 Å². The molecule has 0 spiro atoms. The molecule has 0 unspecified atom stereocenters. The third kappa shape index (κ3) is 8.40. The van der Waals surface area contributed by atoms with E-state index in [1.165, 1.54) is 11.3 Å². The number of aryl methyl sites for hydroxylation is 1. The number of nitrogens with one attached hydrogen (secondary N) is 2. The van der Waals surface area contributed by atoms with E-state index in [2.05, 4.69) is 65.5 Å². The molecule has 1 amide bonds.